The minimum Gasteiger partial charge on any atom is -0.480 e. The van der Waals surface area contributed by atoms with Crippen molar-refractivity contribution < 1.29 is 19.4 Å². The lowest BCUT2D eigenvalue weighted by atomic mass is 10.0. The van der Waals surface area contributed by atoms with Crippen LogP contribution in [0.25, 0.3) is 0 Å². The van der Waals surface area contributed by atoms with E-state index in [9.17, 15) is 9.59 Å². The third-order valence-corrected chi connectivity index (χ3v) is 3.11. The normalized spacial score (nSPS) is 18.5. The first-order valence-electron chi connectivity index (χ1n) is 5.89. The summed E-state index contributed by atoms with van der Waals surface area (Å²) in [6, 6.07) is 3.96. The number of rotatable bonds is 2. The summed E-state index contributed by atoms with van der Waals surface area (Å²) in [5.74, 6) is -1.11. The molecular formula is C13H16N2O4. The summed E-state index contributed by atoms with van der Waals surface area (Å²) in [5, 5.41) is 9.16. The van der Waals surface area contributed by atoms with Crippen molar-refractivity contribution in [3.63, 3.8) is 0 Å². The van der Waals surface area contributed by atoms with Gasteiger partial charge in [-0.3, -0.25) is 9.69 Å². The monoisotopic (exact) mass is 264 g/mol. The van der Waals surface area contributed by atoms with Crippen LogP contribution in [0.3, 0.4) is 0 Å². The molecule has 102 valence electrons. The summed E-state index contributed by atoms with van der Waals surface area (Å²) < 4.78 is 5.61. The molecule has 1 aliphatic rings. The smallest absolute Gasteiger partial charge is 0.326 e. The van der Waals surface area contributed by atoms with Crippen molar-refractivity contribution in [3.8, 4) is 5.75 Å². The summed E-state index contributed by atoms with van der Waals surface area (Å²) in [7, 11) is 0. The fraction of sp³-hybridized carbons (Fsp3) is 0.385. The van der Waals surface area contributed by atoms with Crippen molar-refractivity contribution in [3.05, 3.63) is 18.2 Å². The number of hydrogen-bond acceptors (Lipinski definition) is 4. The molecule has 2 rings (SSSR count). The Morgan fingerprint density at radius 2 is 2.11 bits per heavy atom. The standard InChI is InChI=1S/C13H16N2O4/c1-7(11(16)17)15-10-8(14)5-4-6-9(10)19-13(2,3)12(15)18/h4-7H,14H2,1-3H3,(H,16,17). The number of hydrogen-bond donors (Lipinski definition) is 2. The first-order chi connectivity index (χ1) is 8.75. The fourth-order valence-corrected chi connectivity index (χ4v) is 2.07. The zero-order valence-electron chi connectivity index (χ0n) is 11.0. The van der Waals surface area contributed by atoms with Crippen LogP contribution in [0.2, 0.25) is 0 Å². The molecular weight excluding hydrogens is 248 g/mol. The minimum atomic E-state index is -1.12. The van der Waals surface area contributed by atoms with E-state index in [1.165, 1.54) is 11.8 Å². The largest absolute Gasteiger partial charge is 0.480 e. The molecule has 0 saturated heterocycles. The Labute approximate surface area is 110 Å². The maximum atomic E-state index is 12.4. The Bertz CT molecular complexity index is 554. The topological polar surface area (TPSA) is 92.9 Å². The van der Waals surface area contributed by atoms with E-state index in [4.69, 9.17) is 15.6 Å². The molecule has 1 amide bonds. The van der Waals surface area contributed by atoms with Crippen molar-refractivity contribution in [2.24, 2.45) is 0 Å². The number of carbonyl (C=O) groups is 2. The summed E-state index contributed by atoms with van der Waals surface area (Å²) >= 11 is 0. The first-order valence-corrected chi connectivity index (χ1v) is 5.89. The van der Waals surface area contributed by atoms with Crippen molar-refractivity contribution >= 4 is 23.3 Å². The van der Waals surface area contributed by atoms with Crippen LogP contribution in [0.15, 0.2) is 18.2 Å². The number of fused-ring (bicyclic) bond motifs is 1. The van der Waals surface area contributed by atoms with E-state index in [0.29, 0.717) is 17.1 Å². The van der Waals surface area contributed by atoms with Gasteiger partial charge in [-0.05, 0) is 32.9 Å². The quantitative estimate of drug-likeness (QED) is 0.784. The molecule has 1 unspecified atom stereocenters. The summed E-state index contributed by atoms with van der Waals surface area (Å²) in [5.41, 5.74) is 5.37. The second-order valence-corrected chi connectivity index (χ2v) is 5.00. The Morgan fingerprint density at radius 1 is 1.47 bits per heavy atom. The number of nitrogens with zero attached hydrogens (tertiary/aromatic N) is 1. The predicted octanol–water partition coefficient (Wildman–Crippen LogP) is 1.25. The predicted molar refractivity (Wildman–Crippen MR) is 70.1 cm³/mol. The van der Waals surface area contributed by atoms with Crippen molar-refractivity contribution in [1.29, 1.82) is 0 Å². The second-order valence-electron chi connectivity index (χ2n) is 5.00. The number of anilines is 2. The number of amides is 1. The zero-order valence-corrected chi connectivity index (χ0v) is 11.0. The Hall–Kier alpha value is -2.24. The molecule has 0 aliphatic carbocycles. The summed E-state index contributed by atoms with van der Waals surface area (Å²) in [6.45, 7) is 4.64. The van der Waals surface area contributed by atoms with E-state index in [-0.39, 0.29) is 0 Å². The van der Waals surface area contributed by atoms with Crippen LogP contribution in [-0.4, -0.2) is 28.6 Å². The average molecular weight is 264 g/mol. The lowest BCUT2D eigenvalue weighted by Gasteiger charge is -2.40. The van der Waals surface area contributed by atoms with Gasteiger partial charge in [-0.15, -0.1) is 0 Å². The molecule has 0 radical (unpaired) electrons. The molecule has 3 N–H and O–H groups in total. The number of nitrogens with two attached hydrogens (primary N) is 1. The lowest BCUT2D eigenvalue weighted by Crippen LogP contribution is -2.57. The highest BCUT2D eigenvalue weighted by Crippen LogP contribution is 2.42. The molecule has 1 heterocycles. The molecule has 19 heavy (non-hydrogen) atoms. The number of carboxylic acid groups (broad SMARTS) is 1. The van der Waals surface area contributed by atoms with Crippen LogP contribution in [-0.2, 0) is 9.59 Å². The van der Waals surface area contributed by atoms with E-state index < -0.39 is 23.5 Å². The van der Waals surface area contributed by atoms with Gasteiger partial charge in [-0.2, -0.15) is 0 Å². The van der Waals surface area contributed by atoms with Gasteiger partial charge in [-0.25, -0.2) is 4.79 Å². The van der Waals surface area contributed by atoms with Gasteiger partial charge in [0.2, 0.25) is 0 Å². The molecule has 0 fully saturated rings. The van der Waals surface area contributed by atoms with Crippen LogP contribution in [0.5, 0.6) is 5.75 Å². The Balaban J connectivity index is 2.64. The fourth-order valence-electron chi connectivity index (χ4n) is 2.07. The highest BCUT2D eigenvalue weighted by atomic mass is 16.5. The SMILES string of the molecule is CC(C(=O)O)N1C(=O)C(C)(C)Oc2cccc(N)c21. The van der Waals surface area contributed by atoms with E-state index in [1.54, 1.807) is 32.0 Å². The van der Waals surface area contributed by atoms with Gasteiger partial charge in [0, 0.05) is 0 Å². The molecule has 0 spiro atoms. The number of aliphatic carboxylic acids is 1. The van der Waals surface area contributed by atoms with Gasteiger partial charge in [0.1, 0.15) is 17.5 Å². The molecule has 6 nitrogen and oxygen atoms in total. The maximum Gasteiger partial charge on any atom is 0.326 e. The molecule has 1 aliphatic heterocycles. The molecule has 1 atom stereocenters. The van der Waals surface area contributed by atoms with Gasteiger partial charge < -0.3 is 15.6 Å². The van der Waals surface area contributed by atoms with E-state index >= 15 is 0 Å². The van der Waals surface area contributed by atoms with Crippen LogP contribution < -0.4 is 15.4 Å². The molecule has 1 aromatic rings. The molecule has 6 heteroatoms. The van der Waals surface area contributed by atoms with Gasteiger partial charge >= 0.3 is 5.97 Å². The number of carbonyl (C=O) groups excluding carboxylic acids is 1. The van der Waals surface area contributed by atoms with Crippen LogP contribution in [0.1, 0.15) is 20.8 Å². The van der Waals surface area contributed by atoms with Crippen LogP contribution in [0, 0.1) is 0 Å². The highest BCUT2D eigenvalue weighted by Gasteiger charge is 2.45. The van der Waals surface area contributed by atoms with Crippen molar-refractivity contribution in [2.45, 2.75) is 32.4 Å². The van der Waals surface area contributed by atoms with Crippen LogP contribution >= 0.6 is 0 Å². The van der Waals surface area contributed by atoms with Crippen LogP contribution in [0.4, 0.5) is 11.4 Å². The van der Waals surface area contributed by atoms with Gasteiger partial charge in [0.15, 0.2) is 5.60 Å². The molecule has 0 aromatic heterocycles. The maximum absolute atomic E-state index is 12.4. The first kappa shape index (κ1) is 13.2. The number of nitrogen functional groups attached to an aromatic ring is 1. The van der Waals surface area contributed by atoms with E-state index in [0.717, 1.165) is 0 Å². The van der Waals surface area contributed by atoms with E-state index in [1.807, 2.05) is 0 Å². The summed E-state index contributed by atoms with van der Waals surface area (Å²) in [4.78, 5) is 24.8. The molecule has 0 saturated carbocycles. The summed E-state index contributed by atoms with van der Waals surface area (Å²) in [6.07, 6.45) is 0. The zero-order chi connectivity index (χ0) is 14.4. The van der Waals surface area contributed by atoms with Gasteiger partial charge in [0.25, 0.3) is 5.91 Å². The van der Waals surface area contributed by atoms with Crippen molar-refractivity contribution in [1.82, 2.24) is 0 Å². The Morgan fingerprint density at radius 3 is 2.68 bits per heavy atom. The third kappa shape index (κ3) is 1.99. The minimum absolute atomic E-state index is 0.314. The highest BCUT2D eigenvalue weighted by molar-refractivity contribution is 6.08. The van der Waals surface area contributed by atoms with Gasteiger partial charge in [0.05, 0.1) is 5.69 Å². The number of carboxylic acids is 1. The molecule has 0 bridgehead atoms. The number of benzene rings is 1. The Kier molecular flexibility index (Phi) is 2.88. The van der Waals surface area contributed by atoms with Gasteiger partial charge in [-0.1, -0.05) is 6.07 Å². The molecule has 1 aromatic carbocycles. The number of para-hydroxylation sites is 1. The van der Waals surface area contributed by atoms with Crippen molar-refractivity contribution in [2.75, 3.05) is 10.6 Å². The average Bonchev–Trinajstić information content (AvgIpc) is 2.30. The lowest BCUT2D eigenvalue weighted by molar-refractivity contribution is -0.142. The van der Waals surface area contributed by atoms with E-state index in [2.05, 4.69) is 0 Å². The third-order valence-electron chi connectivity index (χ3n) is 3.11. The number of ether oxygens (including phenoxy) is 1. The second kappa shape index (κ2) is 4.15.